The molecule has 0 aliphatic carbocycles. The van der Waals surface area contributed by atoms with E-state index in [4.69, 9.17) is 0 Å². The van der Waals surface area contributed by atoms with Gasteiger partial charge in [-0.2, -0.15) is 10.1 Å². The summed E-state index contributed by atoms with van der Waals surface area (Å²) in [4.78, 5) is 24.1. The van der Waals surface area contributed by atoms with E-state index in [-0.39, 0.29) is 17.2 Å². The lowest BCUT2D eigenvalue weighted by molar-refractivity contribution is -0.107. The predicted molar refractivity (Wildman–Crippen MR) is 125 cm³/mol. The zero-order chi connectivity index (χ0) is 22.6. The van der Waals surface area contributed by atoms with E-state index in [1.807, 2.05) is 57.2 Å². The number of phenols is 1. The van der Waals surface area contributed by atoms with Crippen LogP contribution in [0.1, 0.15) is 58.1 Å². The van der Waals surface area contributed by atoms with Crippen LogP contribution in [0.3, 0.4) is 0 Å². The molecule has 1 aliphatic rings. The first-order chi connectivity index (χ1) is 14.8. The van der Waals surface area contributed by atoms with Crippen LogP contribution >= 0.6 is 0 Å². The van der Waals surface area contributed by atoms with Crippen molar-refractivity contribution >= 4 is 29.4 Å². The topological polar surface area (TPSA) is 84.9 Å². The number of hydrogen-bond donors (Lipinski definition) is 3. The number of aryl methyl sites for hydroxylation is 1. The van der Waals surface area contributed by atoms with Crippen LogP contribution in [0.15, 0.2) is 36.4 Å². The fourth-order valence-corrected chi connectivity index (χ4v) is 3.62. The third kappa shape index (κ3) is 4.76. The molecule has 0 radical (unpaired) electrons. The van der Waals surface area contributed by atoms with E-state index < -0.39 is 0 Å². The van der Waals surface area contributed by atoms with E-state index >= 15 is 0 Å². The summed E-state index contributed by atoms with van der Waals surface area (Å²) in [6.07, 6.45) is 3.70. The summed E-state index contributed by atoms with van der Waals surface area (Å²) in [7, 11) is 0. The van der Waals surface area contributed by atoms with Gasteiger partial charge in [-0.15, -0.1) is 0 Å². The summed E-state index contributed by atoms with van der Waals surface area (Å²) in [5, 5.41) is 17.3. The van der Waals surface area contributed by atoms with E-state index in [0.717, 1.165) is 35.9 Å². The van der Waals surface area contributed by atoms with Gasteiger partial charge < -0.3 is 15.2 Å². The van der Waals surface area contributed by atoms with Crippen LogP contribution in [0.2, 0.25) is 0 Å². The molecule has 31 heavy (non-hydrogen) atoms. The van der Waals surface area contributed by atoms with Crippen molar-refractivity contribution in [3.63, 3.8) is 0 Å². The number of carbonyl (C=O) groups excluding carboxylic acids is 2. The Morgan fingerprint density at radius 3 is 2.61 bits per heavy atom. The van der Waals surface area contributed by atoms with Crippen molar-refractivity contribution in [1.29, 1.82) is 0 Å². The Morgan fingerprint density at radius 1 is 1.19 bits per heavy atom. The number of urea groups is 1. The summed E-state index contributed by atoms with van der Waals surface area (Å²) >= 11 is 0. The summed E-state index contributed by atoms with van der Waals surface area (Å²) in [6.45, 7) is 8.71. The van der Waals surface area contributed by atoms with Crippen LogP contribution in [0.4, 0.5) is 21.9 Å². The standard InChI is InChI=1S/C24H32N4O3/c1-5-6-13-25-23(31)27-20-12-8-7-11-19(20)26-28(27)21-16-17(10-9-14-29)15-18(22(21)30)24(2,3)4/h7-8,11-12,14-16,26,30H,5-6,9-10,13H2,1-4H3,(H,25,31). The molecule has 1 heterocycles. The second-order valence-corrected chi connectivity index (χ2v) is 8.80. The summed E-state index contributed by atoms with van der Waals surface area (Å²) < 4.78 is 0. The Kier molecular flexibility index (Phi) is 6.73. The molecule has 0 saturated carbocycles. The van der Waals surface area contributed by atoms with Crippen molar-refractivity contribution in [3.05, 3.63) is 47.5 Å². The van der Waals surface area contributed by atoms with Gasteiger partial charge in [-0.3, -0.25) is 5.43 Å². The van der Waals surface area contributed by atoms with Gasteiger partial charge >= 0.3 is 6.03 Å². The van der Waals surface area contributed by atoms with Gasteiger partial charge in [-0.25, -0.2) is 4.79 Å². The van der Waals surface area contributed by atoms with E-state index in [1.54, 1.807) is 5.12 Å². The van der Waals surface area contributed by atoms with Gasteiger partial charge in [0, 0.05) is 18.5 Å². The van der Waals surface area contributed by atoms with Gasteiger partial charge in [0.1, 0.15) is 17.7 Å². The number of fused-ring (bicyclic) bond motifs is 1. The highest BCUT2D eigenvalue weighted by atomic mass is 16.3. The Hall–Kier alpha value is -3.22. The van der Waals surface area contributed by atoms with E-state index in [9.17, 15) is 14.7 Å². The minimum atomic E-state index is -0.323. The molecule has 0 atom stereocenters. The number of benzene rings is 2. The summed E-state index contributed by atoms with van der Waals surface area (Å²) in [5.41, 5.74) is 6.54. The summed E-state index contributed by atoms with van der Waals surface area (Å²) in [5.74, 6) is 0.106. The molecule has 3 N–H and O–H groups in total. The maximum absolute atomic E-state index is 13.1. The van der Waals surface area contributed by atoms with Gasteiger partial charge in [-0.05, 0) is 42.0 Å². The van der Waals surface area contributed by atoms with Gasteiger partial charge in [0.15, 0.2) is 0 Å². The molecule has 3 rings (SSSR count). The number of phenolic OH excluding ortho intramolecular Hbond substituents is 1. The number of aldehydes is 1. The first kappa shape index (κ1) is 22.5. The average molecular weight is 425 g/mol. The van der Waals surface area contributed by atoms with Gasteiger partial charge in [0.2, 0.25) is 0 Å². The molecule has 0 aromatic heterocycles. The Bertz CT molecular complexity index is 952. The molecule has 2 aromatic rings. The number of amides is 2. The number of carbonyl (C=O) groups is 2. The van der Waals surface area contributed by atoms with Gasteiger partial charge in [0.05, 0.1) is 11.4 Å². The molecular weight excluding hydrogens is 392 g/mol. The molecule has 166 valence electrons. The zero-order valence-electron chi connectivity index (χ0n) is 18.7. The second-order valence-electron chi connectivity index (χ2n) is 8.80. The van der Waals surface area contributed by atoms with Crippen molar-refractivity contribution in [1.82, 2.24) is 5.32 Å². The zero-order valence-corrected chi connectivity index (χ0v) is 18.7. The first-order valence-corrected chi connectivity index (χ1v) is 10.8. The monoisotopic (exact) mass is 424 g/mol. The van der Waals surface area contributed by atoms with E-state index in [1.165, 1.54) is 5.01 Å². The molecule has 7 nitrogen and oxygen atoms in total. The minimum Gasteiger partial charge on any atom is -0.505 e. The highest BCUT2D eigenvalue weighted by Crippen LogP contribution is 2.44. The number of nitrogens with one attached hydrogen (secondary N) is 2. The van der Waals surface area contributed by atoms with E-state index in [0.29, 0.717) is 30.8 Å². The third-order valence-electron chi connectivity index (χ3n) is 5.29. The van der Waals surface area contributed by atoms with Crippen LogP contribution in [-0.4, -0.2) is 24.0 Å². The molecule has 2 amide bonds. The molecule has 0 spiro atoms. The number of hydrazine groups is 2. The average Bonchev–Trinajstić information content (AvgIpc) is 3.11. The van der Waals surface area contributed by atoms with Crippen molar-refractivity contribution in [2.45, 2.75) is 58.8 Å². The lowest BCUT2D eigenvalue weighted by atomic mass is 9.84. The van der Waals surface area contributed by atoms with E-state index in [2.05, 4.69) is 17.7 Å². The highest BCUT2D eigenvalue weighted by molar-refractivity contribution is 6.02. The lowest BCUT2D eigenvalue weighted by Crippen LogP contribution is -2.50. The summed E-state index contributed by atoms with van der Waals surface area (Å²) in [6, 6.07) is 11.0. The Labute approximate surface area is 184 Å². The normalized spacial score (nSPS) is 13.0. The Morgan fingerprint density at radius 2 is 1.94 bits per heavy atom. The third-order valence-corrected chi connectivity index (χ3v) is 5.29. The Balaban J connectivity index is 2.08. The molecule has 1 aliphatic heterocycles. The fraction of sp³-hybridized carbons (Fsp3) is 0.417. The molecule has 7 heteroatoms. The number of nitrogens with zero attached hydrogens (tertiary/aromatic N) is 2. The quantitative estimate of drug-likeness (QED) is 0.435. The molecule has 0 bridgehead atoms. The number of hydrogen-bond acceptors (Lipinski definition) is 5. The van der Waals surface area contributed by atoms with Crippen molar-refractivity contribution in [2.24, 2.45) is 0 Å². The van der Waals surface area contributed by atoms with Gasteiger partial charge in [-0.1, -0.05) is 52.3 Å². The van der Waals surface area contributed by atoms with Crippen molar-refractivity contribution in [2.75, 3.05) is 22.1 Å². The van der Waals surface area contributed by atoms with Crippen LogP contribution in [0.25, 0.3) is 0 Å². The van der Waals surface area contributed by atoms with Crippen molar-refractivity contribution in [3.8, 4) is 5.75 Å². The second kappa shape index (κ2) is 9.29. The molecule has 0 fully saturated rings. The maximum atomic E-state index is 13.1. The van der Waals surface area contributed by atoms with Crippen LogP contribution in [0.5, 0.6) is 5.75 Å². The van der Waals surface area contributed by atoms with Crippen LogP contribution in [-0.2, 0) is 16.6 Å². The number of aromatic hydroxyl groups is 1. The first-order valence-electron chi connectivity index (χ1n) is 10.8. The largest absolute Gasteiger partial charge is 0.505 e. The van der Waals surface area contributed by atoms with Crippen molar-refractivity contribution < 1.29 is 14.7 Å². The highest BCUT2D eigenvalue weighted by Gasteiger charge is 2.35. The molecule has 0 unspecified atom stereocenters. The molecule has 0 saturated heterocycles. The van der Waals surface area contributed by atoms with Gasteiger partial charge in [0.25, 0.3) is 0 Å². The lowest BCUT2D eigenvalue weighted by Gasteiger charge is -2.32. The van der Waals surface area contributed by atoms with Crippen LogP contribution in [0, 0.1) is 0 Å². The SMILES string of the molecule is CCCCNC(=O)N1c2ccccc2NN1c1cc(CCC=O)cc(C(C)(C)C)c1O. The smallest absolute Gasteiger partial charge is 0.342 e. The molecular formula is C24H32N4O3. The number of rotatable bonds is 7. The number of unbranched alkanes of at least 4 members (excludes halogenated alkanes) is 1. The fourth-order valence-electron chi connectivity index (χ4n) is 3.62. The maximum Gasteiger partial charge on any atom is 0.342 e. The number of para-hydroxylation sites is 2. The minimum absolute atomic E-state index is 0.106. The van der Waals surface area contributed by atoms with Crippen LogP contribution < -0.4 is 20.9 Å². The predicted octanol–water partition coefficient (Wildman–Crippen LogP) is 4.90. The molecule has 2 aromatic carbocycles. The number of anilines is 3.